The molecule has 0 atom stereocenters. The molecule has 0 saturated carbocycles. The lowest BCUT2D eigenvalue weighted by atomic mass is 10.2. The fourth-order valence-corrected chi connectivity index (χ4v) is 1.99. The summed E-state index contributed by atoms with van der Waals surface area (Å²) < 4.78 is 19.8. The molecule has 0 aromatic heterocycles. The third-order valence-electron chi connectivity index (χ3n) is 2.52. The van der Waals surface area contributed by atoms with Crippen molar-refractivity contribution in [1.82, 2.24) is 0 Å². The van der Waals surface area contributed by atoms with Crippen molar-refractivity contribution in [2.45, 2.75) is 13.5 Å². The van der Waals surface area contributed by atoms with Crippen LogP contribution in [0.1, 0.15) is 11.1 Å². The summed E-state index contributed by atoms with van der Waals surface area (Å²) >= 11 is 3.39. The van der Waals surface area contributed by atoms with Gasteiger partial charge in [-0.2, -0.15) is 0 Å². The van der Waals surface area contributed by atoms with Crippen molar-refractivity contribution >= 4 is 21.6 Å². The minimum atomic E-state index is -0.348. The maximum absolute atomic E-state index is 13.2. The van der Waals surface area contributed by atoms with Gasteiger partial charge in [0.1, 0.15) is 18.2 Å². The van der Waals surface area contributed by atoms with Gasteiger partial charge in [-0.15, -0.1) is 0 Å². The van der Waals surface area contributed by atoms with Crippen LogP contribution in [0.3, 0.4) is 0 Å². The van der Waals surface area contributed by atoms with Gasteiger partial charge in [-0.3, -0.25) is 0 Å². The topological polar surface area (TPSA) is 35.2 Å². The summed E-state index contributed by atoms with van der Waals surface area (Å²) in [4.78, 5) is 0. The Balaban J connectivity index is 2.13. The van der Waals surface area contributed by atoms with Gasteiger partial charge in [-0.1, -0.05) is 22.0 Å². The van der Waals surface area contributed by atoms with Gasteiger partial charge in [0.25, 0.3) is 0 Å². The highest BCUT2D eigenvalue weighted by molar-refractivity contribution is 9.10. The van der Waals surface area contributed by atoms with Crippen LogP contribution in [0.15, 0.2) is 40.9 Å². The zero-order chi connectivity index (χ0) is 13.1. The normalized spacial score (nSPS) is 10.4. The van der Waals surface area contributed by atoms with E-state index in [4.69, 9.17) is 10.5 Å². The molecule has 2 N–H and O–H groups in total. The van der Waals surface area contributed by atoms with E-state index >= 15 is 0 Å². The molecule has 2 aromatic carbocycles. The van der Waals surface area contributed by atoms with Crippen molar-refractivity contribution in [3.8, 4) is 5.75 Å². The Morgan fingerprint density at radius 1 is 1.22 bits per heavy atom. The van der Waals surface area contributed by atoms with Crippen LogP contribution in [0.25, 0.3) is 0 Å². The van der Waals surface area contributed by atoms with Gasteiger partial charge in [0, 0.05) is 10.2 Å². The van der Waals surface area contributed by atoms with Gasteiger partial charge in [0.15, 0.2) is 0 Å². The summed E-state index contributed by atoms with van der Waals surface area (Å²) in [5.74, 6) is 0.423. The Morgan fingerprint density at radius 3 is 2.72 bits per heavy atom. The second-order valence-corrected chi connectivity index (χ2v) is 5.01. The Bertz CT molecular complexity index is 551. The molecule has 4 heteroatoms. The second-order valence-electron chi connectivity index (χ2n) is 4.09. The predicted molar refractivity (Wildman–Crippen MR) is 74.0 cm³/mol. The summed E-state index contributed by atoms with van der Waals surface area (Å²) in [6.45, 7) is 2.25. The van der Waals surface area contributed by atoms with Crippen molar-refractivity contribution in [2.24, 2.45) is 0 Å². The van der Waals surface area contributed by atoms with Crippen molar-refractivity contribution in [2.75, 3.05) is 5.73 Å². The number of hydrogen-bond donors (Lipinski definition) is 1. The Kier molecular flexibility index (Phi) is 3.87. The van der Waals surface area contributed by atoms with E-state index in [9.17, 15) is 4.39 Å². The van der Waals surface area contributed by atoms with E-state index in [2.05, 4.69) is 15.9 Å². The van der Waals surface area contributed by atoms with E-state index in [-0.39, 0.29) is 5.82 Å². The van der Waals surface area contributed by atoms with Crippen LogP contribution in [0, 0.1) is 12.7 Å². The highest BCUT2D eigenvalue weighted by atomic mass is 79.9. The number of anilines is 1. The third kappa shape index (κ3) is 3.23. The predicted octanol–water partition coefficient (Wildman–Crippen LogP) is 4.06. The van der Waals surface area contributed by atoms with Crippen molar-refractivity contribution in [3.63, 3.8) is 0 Å². The third-order valence-corrected chi connectivity index (χ3v) is 3.02. The highest BCUT2D eigenvalue weighted by Crippen LogP contribution is 2.24. The molecule has 0 aliphatic heterocycles. The van der Waals surface area contributed by atoms with Crippen LogP contribution in [0.2, 0.25) is 0 Å². The molecule has 0 saturated heterocycles. The maximum Gasteiger partial charge on any atom is 0.125 e. The highest BCUT2D eigenvalue weighted by Gasteiger charge is 2.03. The molecular formula is C14H13BrFNO. The lowest BCUT2D eigenvalue weighted by molar-refractivity contribution is 0.303. The van der Waals surface area contributed by atoms with E-state index < -0.39 is 0 Å². The second kappa shape index (κ2) is 5.40. The molecule has 0 unspecified atom stereocenters. The Hall–Kier alpha value is -1.55. The first-order valence-corrected chi connectivity index (χ1v) is 6.28. The minimum Gasteiger partial charge on any atom is -0.489 e. The molecule has 2 nitrogen and oxygen atoms in total. The largest absolute Gasteiger partial charge is 0.489 e. The van der Waals surface area contributed by atoms with Crippen LogP contribution in [-0.2, 0) is 6.61 Å². The van der Waals surface area contributed by atoms with Gasteiger partial charge in [0.2, 0.25) is 0 Å². The Morgan fingerprint density at radius 2 is 2.00 bits per heavy atom. The fraction of sp³-hybridized carbons (Fsp3) is 0.143. The molecule has 0 aliphatic rings. The van der Waals surface area contributed by atoms with Crippen molar-refractivity contribution in [3.05, 3.63) is 57.8 Å². The van der Waals surface area contributed by atoms with Crippen LogP contribution >= 0.6 is 15.9 Å². The van der Waals surface area contributed by atoms with Crippen molar-refractivity contribution < 1.29 is 9.13 Å². The average Bonchev–Trinajstić information content (AvgIpc) is 2.29. The molecular weight excluding hydrogens is 297 g/mol. The lowest BCUT2D eigenvalue weighted by Gasteiger charge is -2.10. The summed E-state index contributed by atoms with van der Waals surface area (Å²) in [6, 6.07) is 10.2. The number of ether oxygens (including phenoxy) is 1. The SMILES string of the molecule is Cc1ccc(Br)cc1OCc1cc(N)cc(F)c1. The van der Waals surface area contributed by atoms with Crippen LogP contribution < -0.4 is 10.5 Å². The van der Waals surface area contributed by atoms with Crippen LogP contribution in [-0.4, -0.2) is 0 Å². The molecule has 2 rings (SSSR count). The summed E-state index contributed by atoms with van der Waals surface area (Å²) in [5, 5.41) is 0. The maximum atomic E-state index is 13.2. The van der Waals surface area contributed by atoms with Gasteiger partial charge in [-0.05, 0) is 48.4 Å². The van der Waals surface area contributed by atoms with E-state index in [1.54, 1.807) is 6.07 Å². The molecule has 0 fully saturated rings. The van der Waals surface area contributed by atoms with E-state index in [1.165, 1.54) is 12.1 Å². The monoisotopic (exact) mass is 309 g/mol. The first-order valence-electron chi connectivity index (χ1n) is 5.48. The first kappa shape index (κ1) is 12.9. The summed E-state index contributed by atoms with van der Waals surface area (Å²) in [5.41, 5.74) is 7.73. The molecule has 18 heavy (non-hydrogen) atoms. The van der Waals surface area contributed by atoms with E-state index in [1.807, 2.05) is 25.1 Å². The number of hydrogen-bond acceptors (Lipinski definition) is 2. The summed E-state index contributed by atoms with van der Waals surface area (Å²) in [7, 11) is 0. The molecule has 0 bridgehead atoms. The molecule has 0 radical (unpaired) electrons. The number of nitrogens with two attached hydrogens (primary N) is 1. The number of aryl methyl sites for hydroxylation is 1. The minimum absolute atomic E-state index is 0.291. The zero-order valence-electron chi connectivity index (χ0n) is 9.91. The molecule has 0 heterocycles. The Labute approximate surface area is 114 Å². The standard InChI is InChI=1S/C14H13BrFNO/c1-9-2-3-11(15)6-14(9)18-8-10-4-12(16)7-13(17)5-10/h2-7H,8,17H2,1H3. The molecule has 2 aromatic rings. The summed E-state index contributed by atoms with van der Waals surface area (Å²) in [6.07, 6.45) is 0. The van der Waals surface area contributed by atoms with Crippen LogP contribution in [0.4, 0.5) is 10.1 Å². The number of nitrogen functional groups attached to an aromatic ring is 1. The molecule has 94 valence electrons. The van der Waals surface area contributed by atoms with Crippen molar-refractivity contribution in [1.29, 1.82) is 0 Å². The van der Waals surface area contributed by atoms with E-state index in [0.29, 0.717) is 17.9 Å². The fourth-order valence-electron chi connectivity index (χ4n) is 1.65. The number of halogens is 2. The van der Waals surface area contributed by atoms with Crippen LogP contribution in [0.5, 0.6) is 5.75 Å². The quantitative estimate of drug-likeness (QED) is 0.868. The van der Waals surface area contributed by atoms with Gasteiger partial charge in [-0.25, -0.2) is 4.39 Å². The molecule has 0 amide bonds. The smallest absolute Gasteiger partial charge is 0.125 e. The number of rotatable bonds is 3. The van der Waals surface area contributed by atoms with Gasteiger partial charge < -0.3 is 10.5 Å². The number of benzene rings is 2. The molecule has 0 spiro atoms. The zero-order valence-corrected chi connectivity index (χ0v) is 11.5. The van der Waals surface area contributed by atoms with Gasteiger partial charge >= 0.3 is 0 Å². The van der Waals surface area contributed by atoms with Gasteiger partial charge in [0.05, 0.1) is 0 Å². The lowest BCUT2D eigenvalue weighted by Crippen LogP contribution is -1.99. The molecule has 0 aliphatic carbocycles. The first-order chi connectivity index (χ1) is 8.54. The average molecular weight is 310 g/mol. The van der Waals surface area contributed by atoms with E-state index in [0.717, 1.165) is 15.8 Å².